The highest BCUT2D eigenvalue weighted by Crippen LogP contribution is 2.37. The number of carbonyl (C=O) groups is 2. The molecular weight excluding hydrogens is 441 g/mol. The number of hydrogen-bond acceptors (Lipinski definition) is 6. The van der Waals surface area contributed by atoms with Gasteiger partial charge in [-0.15, -0.1) is 0 Å². The predicted molar refractivity (Wildman–Crippen MR) is 127 cm³/mol. The highest BCUT2D eigenvalue weighted by molar-refractivity contribution is 5.99. The zero-order chi connectivity index (χ0) is 24.4. The lowest BCUT2D eigenvalue weighted by atomic mass is 10.0. The van der Waals surface area contributed by atoms with Crippen molar-refractivity contribution in [2.75, 3.05) is 10.6 Å². The minimum atomic E-state index is -1.14. The van der Waals surface area contributed by atoms with Crippen molar-refractivity contribution in [1.29, 1.82) is 0 Å². The summed E-state index contributed by atoms with van der Waals surface area (Å²) in [5, 5.41) is 23.1. The van der Waals surface area contributed by atoms with E-state index in [0.29, 0.717) is 12.1 Å². The van der Waals surface area contributed by atoms with Crippen LogP contribution in [-0.4, -0.2) is 44.0 Å². The number of primary amides is 1. The number of hydrogen-bond donors (Lipinski definition) is 5. The molecule has 0 radical (unpaired) electrons. The second-order valence-corrected chi connectivity index (χ2v) is 8.41. The lowest BCUT2D eigenvalue weighted by Gasteiger charge is -2.28. The maximum Gasteiger partial charge on any atom is 0.404 e. The van der Waals surface area contributed by atoms with Gasteiger partial charge in [-0.1, -0.05) is 6.92 Å². The molecule has 1 aliphatic carbocycles. The third-order valence-electron chi connectivity index (χ3n) is 6.06. The van der Waals surface area contributed by atoms with Gasteiger partial charge in [0, 0.05) is 17.6 Å². The average Bonchev–Trinajstić information content (AvgIpc) is 3.56. The first-order chi connectivity index (χ1) is 16.3. The highest BCUT2D eigenvalue weighted by atomic mass is 19.1. The Morgan fingerprint density at radius 1 is 1.26 bits per heavy atom. The van der Waals surface area contributed by atoms with E-state index in [4.69, 9.17) is 5.73 Å². The van der Waals surface area contributed by atoms with E-state index in [-0.39, 0.29) is 29.2 Å². The molecule has 2 atom stereocenters. The molecule has 2 amide bonds. The standard InChI is InChI=1S/C23H28FN7O3/c1-3-17(28-23(33)34)19(12-5-6-12)29-22-16(24)10-15(20(25)32)21(30-22)27-14-7-8-18-13(9-14)11-26-31(18)4-2/h7-12,17,19,28H,3-6H2,1-2H3,(H2,25,32)(H,33,34)(H2,27,29,30)/t17-,19-/m0/s1. The summed E-state index contributed by atoms with van der Waals surface area (Å²) in [5.41, 5.74) is 6.99. The second kappa shape index (κ2) is 9.54. The maximum absolute atomic E-state index is 14.9. The molecule has 6 N–H and O–H groups in total. The number of aromatic nitrogens is 3. The van der Waals surface area contributed by atoms with Crippen LogP contribution < -0.4 is 21.7 Å². The van der Waals surface area contributed by atoms with Crippen LogP contribution >= 0.6 is 0 Å². The molecule has 1 saturated carbocycles. The van der Waals surface area contributed by atoms with Crippen LogP contribution in [0.4, 0.5) is 26.5 Å². The lowest BCUT2D eigenvalue weighted by molar-refractivity contribution is 0.100. The second-order valence-electron chi connectivity index (χ2n) is 8.41. The molecule has 1 aliphatic rings. The van der Waals surface area contributed by atoms with Gasteiger partial charge in [0.25, 0.3) is 5.91 Å². The van der Waals surface area contributed by atoms with Crippen LogP contribution in [-0.2, 0) is 6.54 Å². The number of rotatable bonds is 10. The molecule has 4 rings (SSSR count). The molecule has 0 saturated heterocycles. The number of nitrogens with zero attached hydrogens (tertiary/aromatic N) is 3. The Morgan fingerprint density at radius 3 is 2.65 bits per heavy atom. The highest BCUT2D eigenvalue weighted by Gasteiger charge is 2.37. The third kappa shape index (κ3) is 4.87. The number of halogens is 1. The van der Waals surface area contributed by atoms with Crippen LogP contribution in [0, 0.1) is 11.7 Å². The molecule has 0 spiro atoms. The van der Waals surface area contributed by atoms with Crippen LogP contribution in [0.15, 0.2) is 30.5 Å². The Bertz CT molecular complexity index is 1220. The van der Waals surface area contributed by atoms with Gasteiger partial charge in [-0.3, -0.25) is 9.48 Å². The molecular formula is C23H28FN7O3. The summed E-state index contributed by atoms with van der Waals surface area (Å²) in [5.74, 6) is -1.34. The van der Waals surface area contributed by atoms with E-state index in [0.717, 1.165) is 36.4 Å². The predicted octanol–water partition coefficient (Wildman–Crippen LogP) is 3.67. The maximum atomic E-state index is 14.9. The fraction of sp³-hybridized carbons (Fsp3) is 0.391. The summed E-state index contributed by atoms with van der Waals surface area (Å²) in [7, 11) is 0. The molecule has 0 unspecified atom stereocenters. The van der Waals surface area contributed by atoms with E-state index in [9.17, 15) is 19.1 Å². The van der Waals surface area contributed by atoms with Gasteiger partial charge in [0.15, 0.2) is 11.6 Å². The Balaban J connectivity index is 1.66. The number of amides is 2. The molecule has 2 heterocycles. The zero-order valence-corrected chi connectivity index (χ0v) is 19.0. The Hall–Kier alpha value is -3.89. The van der Waals surface area contributed by atoms with Gasteiger partial charge in [0.1, 0.15) is 5.82 Å². The van der Waals surface area contributed by atoms with Gasteiger partial charge in [0.05, 0.1) is 29.4 Å². The minimum absolute atomic E-state index is 0.0741. The smallest absolute Gasteiger partial charge is 0.404 e. The number of carboxylic acid groups (broad SMARTS) is 1. The first kappa shape index (κ1) is 23.3. The van der Waals surface area contributed by atoms with E-state index < -0.39 is 23.9 Å². The van der Waals surface area contributed by atoms with Crippen molar-refractivity contribution >= 4 is 40.2 Å². The monoisotopic (exact) mass is 469 g/mol. The number of nitrogens with two attached hydrogens (primary N) is 1. The van der Waals surface area contributed by atoms with Crippen molar-refractivity contribution in [2.24, 2.45) is 11.7 Å². The van der Waals surface area contributed by atoms with E-state index >= 15 is 0 Å². The number of carbonyl (C=O) groups excluding carboxylic acids is 1. The molecule has 1 aromatic carbocycles. The van der Waals surface area contributed by atoms with E-state index in [1.54, 1.807) is 6.20 Å². The molecule has 34 heavy (non-hydrogen) atoms. The largest absolute Gasteiger partial charge is 0.465 e. The molecule has 11 heteroatoms. The van der Waals surface area contributed by atoms with Crippen molar-refractivity contribution in [3.05, 3.63) is 41.8 Å². The quantitative estimate of drug-likeness (QED) is 0.304. The first-order valence-corrected chi connectivity index (χ1v) is 11.3. The van der Waals surface area contributed by atoms with E-state index in [1.165, 1.54) is 0 Å². The van der Waals surface area contributed by atoms with Gasteiger partial charge >= 0.3 is 6.09 Å². The summed E-state index contributed by atoms with van der Waals surface area (Å²) in [4.78, 5) is 27.6. The number of pyridine rings is 1. The number of anilines is 3. The molecule has 1 fully saturated rings. The van der Waals surface area contributed by atoms with Crippen molar-refractivity contribution in [2.45, 2.75) is 51.7 Å². The van der Waals surface area contributed by atoms with Crippen LogP contribution in [0.3, 0.4) is 0 Å². The Kier molecular flexibility index (Phi) is 6.53. The van der Waals surface area contributed by atoms with Crippen LogP contribution in [0.2, 0.25) is 0 Å². The van der Waals surface area contributed by atoms with E-state index in [2.05, 4.69) is 26.0 Å². The number of fused-ring (bicyclic) bond motifs is 1. The van der Waals surface area contributed by atoms with Crippen molar-refractivity contribution < 1.29 is 19.1 Å². The van der Waals surface area contributed by atoms with Crippen molar-refractivity contribution in [3.8, 4) is 0 Å². The molecule has 2 aromatic heterocycles. The van der Waals surface area contributed by atoms with Gasteiger partial charge in [-0.2, -0.15) is 5.10 Å². The van der Waals surface area contributed by atoms with Gasteiger partial charge < -0.3 is 26.8 Å². The fourth-order valence-electron chi connectivity index (χ4n) is 4.19. The molecule has 0 aliphatic heterocycles. The van der Waals surface area contributed by atoms with Gasteiger partial charge in [-0.25, -0.2) is 14.2 Å². The summed E-state index contributed by atoms with van der Waals surface area (Å²) in [6.45, 7) is 4.59. The summed E-state index contributed by atoms with van der Waals surface area (Å²) in [6, 6.07) is 5.85. The Morgan fingerprint density at radius 2 is 2.03 bits per heavy atom. The molecule has 10 nitrogen and oxygen atoms in total. The SMILES string of the molecule is CC[C@H](NC(=O)O)[C@@H](Nc1nc(Nc2ccc3c(cnn3CC)c2)c(C(N)=O)cc1F)C1CC1. The Labute approximate surface area is 195 Å². The summed E-state index contributed by atoms with van der Waals surface area (Å²) < 4.78 is 16.8. The molecule has 3 aromatic rings. The minimum Gasteiger partial charge on any atom is -0.465 e. The summed E-state index contributed by atoms with van der Waals surface area (Å²) in [6.07, 6.45) is 2.95. The fourth-order valence-corrected chi connectivity index (χ4v) is 4.19. The van der Waals surface area contributed by atoms with Crippen molar-refractivity contribution in [1.82, 2.24) is 20.1 Å². The summed E-state index contributed by atoms with van der Waals surface area (Å²) >= 11 is 0. The number of nitrogens with one attached hydrogen (secondary N) is 3. The van der Waals surface area contributed by atoms with Crippen molar-refractivity contribution in [3.63, 3.8) is 0 Å². The first-order valence-electron chi connectivity index (χ1n) is 11.3. The lowest BCUT2D eigenvalue weighted by Crippen LogP contribution is -2.47. The average molecular weight is 470 g/mol. The number of benzene rings is 1. The topological polar surface area (TPSA) is 147 Å². The molecule has 0 bridgehead atoms. The normalized spacial score (nSPS) is 15.0. The third-order valence-corrected chi connectivity index (χ3v) is 6.06. The van der Waals surface area contributed by atoms with E-state index in [1.807, 2.05) is 36.7 Å². The van der Waals surface area contributed by atoms with Gasteiger partial charge in [-0.05, 0) is 56.4 Å². The van der Waals surface area contributed by atoms with Crippen LogP contribution in [0.25, 0.3) is 10.9 Å². The van der Waals surface area contributed by atoms with Gasteiger partial charge in [0.2, 0.25) is 0 Å². The zero-order valence-electron chi connectivity index (χ0n) is 19.0. The van der Waals surface area contributed by atoms with Crippen LogP contribution in [0.1, 0.15) is 43.5 Å². The molecule has 180 valence electrons. The van der Waals surface area contributed by atoms with Crippen LogP contribution in [0.5, 0.6) is 0 Å². The number of aryl methyl sites for hydroxylation is 1.